The van der Waals surface area contributed by atoms with Crippen molar-refractivity contribution in [2.45, 2.75) is 71.4 Å². The molecule has 3 aliphatic rings. The predicted molar refractivity (Wildman–Crippen MR) is 74.0 cm³/mol. The zero-order valence-corrected chi connectivity index (χ0v) is 12.4. The molecule has 0 N–H and O–H groups in total. The minimum Gasteiger partial charge on any atom is -0.442 e. The number of nitrogens with zero attached hydrogens (tertiary/aromatic N) is 2. The Hall–Kier alpha value is -1.06. The van der Waals surface area contributed by atoms with Gasteiger partial charge in [-0.2, -0.15) is 10.1 Å². The molecule has 4 heteroatoms. The summed E-state index contributed by atoms with van der Waals surface area (Å²) in [6.45, 7) is 8.76. The van der Waals surface area contributed by atoms with E-state index in [-0.39, 0.29) is 23.2 Å². The van der Waals surface area contributed by atoms with E-state index in [0.29, 0.717) is 5.92 Å². The monoisotopic (exact) mass is 264 g/mol. The number of carbonyl (C=O) groups excluding carboxylic acids is 1. The maximum atomic E-state index is 12.2. The Balaban J connectivity index is 2.04. The van der Waals surface area contributed by atoms with Crippen molar-refractivity contribution in [1.29, 1.82) is 0 Å². The molecule has 3 atom stereocenters. The number of amides is 1. The van der Waals surface area contributed by atoms with Crippen molar-refractivity contribution in [3.63, 3.8) is 0 Å². The predicted octanol–water partition coefficient (Wildman–Crippen LogP) is 3.56. The van der Waals surface area contributed by atoms with Crippen LogP contribution in [-0.2, 0) is 4.74 Å². The second kappa shape index (κ2) is 3.97. The maximum absolute atomic E-state index is 12.2. The lowest BCUT2D eigenvalue weighted by atomic mass is 9.75. The van der Waals surface area contributed by atoms with Crippen LogP contribution in [0.15, 0.2) is 5.10 Å². The number of rotatable bonds is 3. The molecule has 0 radical (unpaired) electrons. The molecule has 3 rings (SSSR count). The van der Waals surface area contributed by atoms with Crippen LogP contribution in [0.3, 0.4) is 0 Å². The summed E-state index contributed by atoms with van der Waals surface area (Å²) in [5, 5.41) is 6.39. The van der Waals surface area contributed by atoms with E-state index in [1.54, 1.807) is 5.01 Å². The van der Waals surface area contributed by atoms with Gasteiger partial charge in [0, 0.05) is 5.71 Å². The summed E-state index contributed by atoms with van der Waals surface area (Å²) in [6.07, 6.45) is 4.84. The molecule has 19 heavy (non-hydrogen) atoms. The minimum absolute atomic E-state index is 0.0486. The van der Waals surface area contributed by atoms with Crippen LogP contribution in [0.4, 0.5) is 4.79 Å². The molecule has 1 amide bonds. The molecular formula is C15H24N2O2. The largest absolute Gasteiger partial charge is 0.442 e. The molecule has 0 aromatic rings. The van der Waals surface area contributed by atoms with Crippen molar-refractivity contribution in [1.82, 2.24) is 5.01 Å². The van der Waals surface area contributed by atoms with Gasteiger partial charge in [-0.3, -0.25) is 0 Å². The Morgan fingerprint density at radius 2 is 2.11 bits per heavy atom. The summed E-state index contributed by atoms with van der Waals surface area (Å²) < 4.78 is 5.63. The van der Waals surface area contributed by atoms with Crippen LogP contribution in [0.2, 0.25) is 0 Å². The van der Waals surface area contributed by atoms with E-state index >= 15 is 0 Å². The van der Waals surface area contributed by atoms with Gasteiger partial charge >= 0.3 is 6.09 Å². The van der Waals surface area contributed by atoms with Crippen LogP contribution < -0.4 is 0 Å². The second-order valence-corrected chi connectivity index (χ2v) is 6.67. The zero-order chi connectivity index (χ0) is 13.8. The molecule has 1 aliphatic heterocycles. The average Bonchev–Trinajstić information content (AvgIpc) is 2.88. The van der Waals surface area contributed by atoms with Gasteiger partial charge in [0.15, 0.2) is 0 Å². The van der Waals surface area contributed by atoms with Crippen LogP contribution in [0.1, 0.15) is 59.8 Å². The van der Waals surface area contributed by atoms with Gasteiger partial charge in [-0.25, -0.2) is 4.79 Å². The van der Waals surface area contributed by atoms with Gasteiger partial charge in [0.05, 0.1) is 0 Å². The van der Waals surface area contributed by atoms with Crippen LogP contribution >= 0.6 is 0 Å². The second-order valence-electron chi connectivity index (χ2n) is 6.67. The first-order chi connectivity index (χ1) is 8.97. The lowest BCUT2D eigenvalue weighted by Crippen LogP contribution is -2.53. The van der Waals surface area contributed by atoms with Gasteiger partial charge in [-0.1, -0.05) is 27.7 Å². The van der Waals surface area contributed by atoms with Gasteiger partial charge < -0.3 is 4.74 Å². The first kappa shape index (κ1) is 12.9. The number of hydrogen-bond donors (Lipinski definition) is 0. The van der Waals surface area contributed by atoms with Gasteiger partial charge in [0.1, 0.15) is 11.6 Å². The van der Waals surface area contributed by atoms with E-state index in [9.17, 15) is 4.79 Å². The number of hydrazone groups is 1. The van der Waals surface area contributed by atoms with Gasteiger partial charge in [-0.15, -0.1) is 0 Å². The number of carbonyl (C=O) groups is 1. The molecule has 4 nitrogen and oxygen atoms in total. The molecule has 1 saturated heterocycles. The standard InChI is InChI=1S/C15H24N2O2/c1-5-11(6-2)16-17-13(18)19-12-9-10-7-8-15(12,17)14(10,3)4/h10,12H,5-9H2,1-4H3/t10-,12+,15+/m1/s1. The third-order valence-electron chi connectivity index (χ3n) is 5.89. The van der Waals surface area contributed by atoms with Crippen molar-refractivity contribution in [3.05, 3.63) is 0 Å². The first-order valence-electron chi connectivity index (χ1n) is 7.54. The van der Waals surface area contributed by atoms with Gasteiger partial charge in [0.25, 0.3) is 0 Å². The molecule has 2 bridgehead atoms. The fraction of sp³-hybridized carbons (Fsp3) is 0.867. The molecule has 2 aliphatic carbocycles. The first-order valence-corrected chi connectivity index (χ1v) is 7.54. The van der Waals surface area contributed by atoms with Crippen molar-refractivity contribution >= 4 is 11.8 Å². The Morgan fingerprint density at radius 3 is 2.68 bits per heavy atom. The molecule has 2 saturated carbocycles. The highest BCUT2D eigenvalue weighted by molar-refractivity contribution is 5.85. The fourth-order valence-corrected chi connectivity index (χ4v) is 4.53. The van der Waals surface area contributed by atoms with E-state index in [4.69, 9.17) is 4.74 Å². The van der Waals surface area contributed by atoms with Crippen LogP contribution in [0, 0.1) is 11.3 Å². The van der Waals surface area contributed by atoms with E-state index in [0.717, 1.165) is 31.4 Å². The third kappa shape index (κ3) is 1.40. The number of ether oxygens (including phenoxy) is 1. The van der Waals surface area contributed by atoms with Crippen molar-refractivity contribution < 1.29 is 9.53 Å². The molecule has 0 aromatic heterocycles. The summed E-state index contributed by atoms with van der Waals surface area (Å²) in [5.41, 5.74) is 1.00. The SMILES string of the molecule is CCC(CC)=NN1C(=O)O[C@H]2C[C@H]3CC[C@@]21C3(C)C. The van der Waals surface area contributed by atoms with E-state index in [1.807, 2.05) is 0 Å². The van der Waals surface area contributed by atoms with Crippen LogP contribution in [0.5, 0.6) is 0 Å². The number of hydrogen-bond acceptors (Lipinski definition) is 3. The molecule has 1 heterocycles. The van der Waals surface area contributed by atoms with Crippen LogP contribution in [-0.4, -0.2) is 28.5 Å². The molecule has 1 spiro atoms. The lowest BCUT2D eigenvalue weighted by Gasteiger charge is -2.39. The van der Waals surface area contributed by atoms with Gasteiger partial charge in [0.2, 0.25) is 0 Å². The van der Waals surface area contributed by atoms with Crippen molar-refractivity contribution in [3.8, 4) is 0 Å². The zero-order valence-electron chi connectivity index (χ0n) is 12.4. The van der Waals surface area contributed by atoms with Crippen LogP contribution in [0.25, 0.3) is 0 Å². The Bertz CT molecular complexity index is 437. The summed E-state index contributed by atoms with van der Waals surface area (Å²) in [7, 11) is 0. The third-order valence-corrected chi connectivity index (χ3v) is 5.89. The molecule has 106 valence electrons. The number of fused-ring (bicyclic) bond motifs is 1. The fourth-order valence-electron chi connectivity index (χ4n) is 4.53. The average molecular weight is 264 g/mol. The Labute approximate surface area is 115 Å². The highest BCUT2D eigenvalue weighted by Crippen LogP contribution is 2.65. The summed E-state index contributed by atoms with van der Waals surface area (Å²) >= 11 is 0. The maximum Gasteiger partial charge on any atom is 0.431 e. The Morgan fingerprint density at radius 1 is 1.42 bits per heavy atom. The summed E-state index contributed by atoms with van der Waals surface area (Å²) in [4.78, 5) is 12.2. The van der Waals surface area contributed by atoms with E-state index < -0.39 is 0 Å². The highest BCUT2D eigenvalue weighted by Gasteiger charge is 2.73. The van der Waals surface area contributed by atoms with Gasteiger partial charge in [-0.05, 0) is 43.4 Å². The summed E-state index contributed by atoms with van der Waals surface area (Å²) in [5.74, 6) is 0.662. The highest BCUT2D eigenvalue weighted by atomic mass is 16.6. The van der Waals surface area contributed by atoms with E-state index in [2.05, 4.69) is 32.8 Å². The Kier molecular flexibility index (Phi) is 2.70. The smallest absolute Gasteiger partial charge is 0.431 e. The molecule has 0 aromatic carbocycles. The quantitative estimate of drug-likeness (QED) is 0.731. The topological polar surface area (TPSA) is 41.9 Å². The van der Waals surface area contributed by atoms with Crippen molar-refractivity contribution in [2.24, 2.45) is 16.4 Å². The lowest BCUT2D eigenvalue weighted by molar-refractivity contribution is 0.0568. The molecular weight excluding hydrogens is 240 g/mol. The van der Waals surface area contributed by atoms with E-state index in [1.165, 1.54) is 6.42 Å². The normalized spacial score (nSPS) is 38.3. The van der Waals surface area contributed by atoms with Crippen molar-refractivity contribution in [2.75, 3.05) is 0 Å². The molecule has 3 fully saturated rings. The summed E-state index contributed by atoms with van der Waals surface area (Å²) in [6, 6.07) is 0. The minimum atomic E-state index is -0.238. The molecule has 0 unspecified atom stereocenters.